The molecule has 2 aliphatic carbocycles. The van der Waals surface area contributed by atoms with Crippen LogP contribution in [0.3, 0.4) is 0 Å². The van der Waals surface area contributed by atoms with E-state index in [1.54, 1.807) is 5.57 Å². The monoisotopic (exact) mass is 457 g/mol. The fourth-order valence-corrected chi connectivity index (χ4v) is 6.66. The van der Waals surface area contributed by atoms with E-state index in [9.17, 15) is 5.11 Å². The van der Waals surface area contributed by atoms with E-state index < -0.39 is 0 Å². The minimum atomic E-state index is -0.217. The molecule has 0 N–H and O–H groups in total. The smallest absolute Gasteiger partial charge is 0.108 e. The molecule has 1 nitrogen and oxygen atoms in total. The van der Waals surface area contributed by atoms with Crippen molar-refractivity contribution < 1.29 is 5.11 Å². The van der Waals surface area contributed by atoms with Crippen LogP contribution < -0.4 is 0 Å². The lowest BCUT2D eigenvalue weighted by Gasteiger charge is -2.40. The van der Waals surface area contributed by atoms with Gasteiger partial charge in [0.05, 0.1) is 0 Å². The van der Waals surface area contributed by atoms with E-state index in [0.717, 1.165) is 34.7 Å². The zero-order valence-electron chi connectivity index (χ0n) is 21.5. The molecule has 0 aromatic heterocycles. The molecule has 4 aromatic carbocycles. The van der Waals surface area contributed by atoms with Crippen LogP contribution in [0.4, 0.5) is 0 Å². The van der Waals surface area contributed by atoms with Crippen molar-refractivity contribution >= 4 is 27.1 Å². The van der Waals surface area contributed by atoms with Crippen molar-refractivity contribution in [2.75, 3.05) is 0 Å². The minimum Gasteiger partial charge on any atom is -0.232 e. The highest BCUT2D eigenvalue weighted by atomic mass is 16.3. The molecule has 1 radical (unpaired) electrons. The van der Waals surface area contributed by atoms with Crippen molar-refractivity contribution in [3.63, 3.8) is 0 Å². The zero-order valence-corrected chi connectivity index (χ0v) is 21.5. The second kappa shape index (κ2) is 7.67. The Balaban J connectivity index is 1.58. The first kappa shape index (κ1) is 22.3. The summed E-state index contributed by atoms with van der Waals surface area (Å²) in [5.41, 5.74) is 10.6. The molecule has 0 spiro atoms. The van der Waals surface area contributed by atoms with Crippen LogP contribution >= 0.6 is 0 Å². The van der Waals surface area contributed by atoms with Crippen LogP contribution in [0.1, 0.15) is 62.8 Å². The second-order valence-corrected chi connectivity index (χ2v) is 11.9. The van der Waals surface area contributed by atoms with Crippen LogP contribution in [0.15, 0.2) is 78.4 Å². The Hall–Kier alpha value is -3.16. The fourth-order valence-electron chi connectivity index (χ4n) is 6.66. The van der Waals surface area contributed by atoms with Gasteiger partial charge in [-0.1, -0.05) is 100 Å². The maximum Gasteiger partial charge on any atom is 0.108 e. The number of allylic oxidation sites excluding steroid dienone is 4. The molecule has 6 rings (SSSR count). The largest absolute Gasteiger partial charge is 0.232 e. The van der Waals surface area contributed by atoms with Gasteiger partial charge < -0.3 is 0 Å². The third kappa shape index (κ3) is 3.48. The van der Waals surface area contributed by atoms with E-state index in [0.29, 0.717) is 0 Å². The van der Waals surface area contributed by atoms with Crippen molar-refractivity contribution in [1.29, 1.82) is 0 Å². The SMILES string of the molecule is Cc1cc2c3c(ccc2cc1-c1ccc2ccccc2c1C[O])C1=C(CC(C)(C)C=C1)CC3(C)C. The summed E-state index contributed by atoms with van der Waals surface area (Å²) >= 11 is 0. The summed E-state index contributed by atoms with van der Waals surface area (Å²) in [7, 11) is 0. The fraction of sp³-hybridized carbons (Fsp3) is 0.294. The first-order chi connectivity index (χ1) is 16.7. The molecule has 0 saturated heterocycles. The molecule has 0 unspecified atom stereocenters. The van der Waals surface area contributed by atoms with Gasteiger partial charge in [0.25, 0.3) is 0 Å². The number of hydrogen-bond acceptors (Lipinski definition) is 0. The average molecular weight is 458 g/mol. The molecule has 0 atom stereocenters. The van der Waals surface area contributed by atoms with E-state index in [2.05, 4.69) is 95.3 Å². The third-order valence-electron chi connectivity index (χ3n) is 8.21. The van der Waals surface area contributed by atoms with Crippen LogP contribution in [0.25, 0.3) is 38.2 Å². The molecule has 35 heavy (non-hydrogen) atoms. The van der Waals surface area contributed by atoms with Crippen LogP contribution in [-0.4, -0.2) is 0 Å². The van der Waals surface area contributed by atoms with E-state index in [-0.39, 0.29) is 17.4 Å². The van der Waals surface area contributed by atoms with Crippen LogP contribution in [0.5, 0.6) is 0 Å². The molecule has 0 fully saturated rings. The average Bonchev–Trinajstić information content (AvgIpc) is 2.81. The minimum absolute atomic E-state index is 0.0754. The Morgan fingerprint density at radius 1 is 0.771 bits per heavy atom. The molecule has 1 heteroatoms. The van der Waals surface area contributed by atoms with Crippen molar-refractivity contribution in [2.45, 2.75) is 59.5 Å². The van der Waals surface area contributed by atoms with E-state index in [4.69, 9.17) is 0 Å². The van der Waals surface area contributed by atoms with Gasteiger partial charge in [-0.05, 0) is 97.2 Å². The second-order valence-electron chi connectivity index (χ2n) is 11.9. The molecule has 0 heterocycles. The highest BCUT2D eigenvalue weighted by Gasteiger charge is 2.36. The zero-order chi connectivity index (χ0) is 24.5. The normalized spacial score (nSPS) is 18.1. The summed E-state index contributed by atoms with van der Waals surface area (Å²) in [6.07, 6.45) is 7.00. The topological polar surface area (TPSA) is 19.9 Å². The molecule has 0 saturated carbocycles. The summed E-state index contributed by atoms with van der Waals surface area (Å²) in [5, 5.41) is 17.2. The Morgan fingerprint density at radius 2 is 1.51 bits per heavy atom. The molecule has 0 aliphatic heterocycles. The van der Waals surface area contributed by atoms with E-state index >= 15 is 0 Å². The number of rotatable bonds is 2. The summed E-state index contributed by atoms with van der Waals surface area (Å²) in [6, 6.07) is 21.8. The van der Waals surface area contributed by atoms with Crippen molar-refractivity contribution in [3.8, 4) is 11.1 Å². The number of aryl methyl sites for hydroxylation is 1. The first-order valence-electron chi connectivity index (χ1n) is 12.8. The highest BCUT2D eigenvalue weighted by Crippen LogP contribution is 2.51. The Kier molecular flexibility index (Phi) is 4.89. The van der Waals surface area contributed by atoms with Crippen molar-refractivity contribution in [2.24, 2.45) is 5.41 Å². The van der Waals surface area contributed by atoms with Gasteiger partial charge in [-0.2, -0.15) is 0 Å². The summed E-state index contributed by atoms with van der Waals surface area (Å²) < 4.78 is 0. The van der Waals surface area contributed by atoms with Crippen molar-refractivity contribution in [1.82, 2.24) is 0 Å². The van der Waals surface area contributed by atoms with Gasteiger partial charge in [0.1, 0.15) is 6.61 Å². The lowest BCUT2D eigenvalue weighted by atomic mass is 9.64. The number of benzene rings is 4. The van der Waals surface area contributed by atoms with Gasteiger partial charge in [0.15, 0.2) is 0 Å². The number of hydrogen-bond donors (Lipinski definition) is 0. The standard InChI is InChI=1S/C34H33O/c1-21-16-30-23(17-29(21)27-12-10-22-8-6-7-9-25(22)31(27)20-35)11-13-28-26-14-15-33(2,3)18-24(26)19-34(4,5)32(28)30/h6-17H,18-20H2,1-5H3. The van der Waals surface area contributed by atoms with Gasteiger partial charge >= 0.3 is 0 Å². The molecule has 0 bridgehead atoms. The van der Waals surface area contributed by atoms with Gasteiger partial charge in [0, 0.05) is 0 Å². The van der Waals surface area contributed by atoms with Crippen LogP contribution in [0.2, 0.25) is 0 Å². The van der Waals surface area contributed by atoms with Gasteiger partial charge in [0.2, 0.25) is 0 Å². The molecule has 4 aromatic rings. The summed E-state index contributed by atoms with van der Waals surface area (Å²) in [4.78, 5) is 0. The predicted octanol–water partition coefficient (Wildman–Crippen LogP) is 9.32. The molecule has 2 aliphatic rings. The lowest BCUT2D eigenvalue weighted by molar-refractivity contribution is 0.179. The molecule has 175 valence electrons. The molecular weight excluding hydrogens is 424 g/mol. The summed E-state index contributed by atoms with van der Waals surface area (Å²) in [5.74, 6) is 0. The Labute approximate surface area is 208 Å². The number of fused-ring (bicyclic) bond motifs is 5. The lowest BCUT2D eigenvalue weighted by Crippen LogP contribution is -2.27. The quantitative estimate of drug-likeness (QED) is 0.286. The molecule has 0 amide bonds. The van der Waals surface area contributed by atoms with Crippen LogP contribution in [0, 0.1) is 12.3 Å². The Morgan fingerprint density at radius 3 is 2.31 bits per heavy atom. The Bertz CT molecular complexity index is 1580. The van der Waals surface area contributed by atoms with Crippen molar-refractivity contribution in [3.05, 3.63) is 101 Å². The third-order valence-corrected chi connectivity index (χ3v) is 8.21. The van der Waals surface area contributed by atoms with Gasteiger partial charge in [-0.3, -0.25) is 0 Å². The van der Waals surface area contributed by atoms with Crippen LogP contribution in [-0.2, 0) is 17.1 Å². The maximum absolute atomic E-state index is 12.4. The van der Waals surface area contributed by atoms with E-state index in [1.807, 2.05) is 12.1 Å². The maximum atomic E-state index is 12.4. The van der Waals surface area contributed by atoms with Gasteiger partial charge in [-0.25, -0.2) is 5.11 Å². The van der Waals surface area contributed by atoms with Gasteiger partial charge in [-0.15, -0.1) is 0 Å². The predicted molar refractivity (Wildman–Crippen MR) is 148 cm³/mol. The summed E-state index contributed by atoms with van der Waals surface area (Å²) in [6.45, 7) is 11.5. The van der Waals surface area contributed by atoms with E-state index in [1.165, 1.54) is 38.6 Å². The highest BCUT2D eigenvalue weighted by molar-refractivity contribution is 5.99. The first-order valence-corrected chi connectivity index (χ1v) is 12.8. The molecular formula is C34H33O.